The zero-order valence-electron chi connectivity index (χ0n) is 3.49. The molecule has 0 fully saturated rings. The minimum absolute atomic E-state index is 0. The summed E-state index contributed by atoms with van der Waals surface area (Å²) in [6.45, 7) is 0. The molecule has 0 aromatic carbocycles. The summed E-state index contributed by atoms with van der Waals surface area (Å²) in [6, 6.07) is 0. The second-order valence-corrected chi connectivity index (χ2v) is 1.22. The van der Waals surface area contributed by atoms with Crippen molar-refractivity contribution in [1.82, 2.24) is 0 Å². The van der Waals surface area contributed by atoms with Crippen molar-refractivity contribution >= 4 is 10.4 Å². The van der Waals surface area contributed by atoms with Gasteiger partial charge in [-0.1, -0.05) is 0 Å². The molecule has 0 unspecified atom stereocenters. The van der Waals surface area contributed by atoms with Gasteiger partial charge < -0.3 is 9.11 Å². The fourth-order valence-electron chi connectivity index (χ4n) is 0. The zero-order chi connectivity index (χ0) is 4.50. The predicted octanol–water partition coefficient (Wildman–Crippen LogP) is -1.23. The van der Waals surface area contributed by atoms with Crippen LogP contribution in [0, 0.1) is 0 Å². The molecule has 0 amide bonds. The summed E-state index contributed by atoms with van der Waals surface area (Å²) < 4.78 is 34.1. The van der Waals surface area contributed by atoms with Crippen molar-refractivity contribution < 1.29 is 37.5 Å². The molecule has 0 aliphatic carbocycles. The smallest absolute Gasteiger partial charge is 0.759 e. The third-order valence-electron chi connectivity index (χ3n) is 0. The molecule has 0 spiro atoms. The van der Waals surface area contributed by atoms with Gasteiger partial charge >= 0.3 is 20.0 Å². The molecule has 0 N–H and O–H groups in total. The van der Waals surface area contributed by atoms with Crippen LogP contribution in [-0.4, -0.2) is 17.5 Å². The van der Waals surface area contributed by atoms with Crippen molar-refractivity contribution in [2.45, 2.75) is 0 Å². The Kier molecular flexibility index (Phi) is 4.19. The van der Waals surface area contributed by atoms with Crippen molar-refractivity contribution in [2.75, 3.05) is 0 Å². The Balaban J connectivity index is -0.0000000800. The first-order valence-electron chi connectivity index (χ1n) is 0.667. The van der Waals surface area contributed by atoms with Crippen LogP contribution in [0.3, 0.4) is 0 Å². The van der Waals surface area contributed by atoms with Crippen molar-refractivity contribution in [1.29, 1.82) is 0 Å². The van der Waals surface area contributed by atoms with Crippen LogP contribution in [0.25, 0.3) is 0 Å². The molecule has 0 aromatic heterocycles. The van der Waals surface area contributed by atoms with E-state index in [1.165, 1.54) is 0 Å². The molecular formula is HO4SV+. The second kappa shape index (κ2) is 2.60. The van der Waals surface area contributed by atoms with E-state index in [1.54, 1.807) is 0 Å². The van der Waals surface area contributed by atoms with Crippen LogP contribution >= 0.6 is 0 Å². The first-order valence-corrected chi connectivity index (χ1v) is 2.00. The molecule has 0 bridgehead atoms. The maximum absolute atomic E-state index is 8.52. The van der Waals surface area contributed by atoms with Gasteiger partial charge in [-0.05, 0) is 0 Å². The van der Waals surface area contributed by atoms with Crippen LogP contribution in [0.1, 0.15) is 1.43 Å². The second-order valence-electron chi connectivity index (χ2n) is 0.408. The van der Waals surface area contributed by atoms with Gasteiger partial charge in [-0.2, -0.15) is 0 Å². The molecule has 0 aliphatic rings. The van der Waals surface area contributed by atoms with Crippen LogP contribution in [0.5, 0.6) is 0 Å². The van der Waals surface area contributed by atoms with E-state index >= 15 is 0 Å². The van der Waals surface area contributed by atoms with E-state index < -0.39 is 10.4 Å². The standard InChI is InChI=1S/H2O4S.V/c1-5(2,3)4;/h(H2,1,2,3,4);/q;+2/p-1. The first-order chi connectivity index (χ1) is 2.00. The molecule has 0 atom stereocenters. The monoisotopic (exact) mass is 148 g/mol. The number of hydrogen-bond donors (Lipinski definition) is 0. The summed E-state index contributed by atoms with van der Waals surface area (Å²) in [6.07, 6.45) is 0. The molecule has 6 heavy (non-hydrogen) atoms. The maximum atomic E-state index is 8.52. The quantitative estimate of drug-likeness (QED) is 0.318. The maximum Gasteiger partial charge on any atom is 2.00 e. The number of hydrogen-bond acceptors (Lipinski definition) is 4. The van der Waals surface area contributed by atoms with Gasteiger partial charge in [0, 0.05) is 10.4 Å². The summed E-state index contributed by atoms with van der Waals surface area (Å²) in [5.41, 5.74) is 0. The number of rotatable bonds is 0. The predicted molar refractivity (Wildman–Crippen MR) is 11.6 cm³/mol. The van der Waals surface area contributed by atoms with E-state index in [-0.39, 0.29) is 20.0 Å². The van der Waals surface area contributed by atoms with E-state index in [0.29, 0.717) is 0 Å². The zero-order valence-corrected chi connectivity index (χ0v) is 4.70. The van der Waals surface area contributed by atoms with Gasteiger partial charge in [0.15, 0.2) is 0 Å². The van der Waals surface area contributed by atoms with Gasteiger partial charge in [0.05, 0.1) is 0 Å². The van der Waals surface area contributed by atoms with Gasteiger partial charge in [0.1, 0.15) is 0 Å². The molecule has 0 aromatic rings. The molecule has 4 nitrogen and oxygen atoms in total. The summed E-state index contributed by atoms with van der Waals surface area (Å²) in [5, 5.41) is 0. The Bertz CT molecular complexity index is 94.9. The van der Waals surface area contributed by atoms with Crippen molar-refractivity contribution in [3.8, 4) is 0 Å². The topological polar surface area (TPSA) is 80.3 Å². The van der Waals surface area contributed by atoms with Crippen molar-refractivity contribution in [2.24, 2.45) is 0 Å². The third kappa shape index (κ3) is 257. The third-order valence-corrected chi connectivity index (χ3v) is 0. The Labute approximate surface area is 48.5 Å². The molecule has 35 valence electrons. The summed E-state index contributed by atoms with van der Waals surface area (Å²) >= 11 is 0. The van der Waals surface area contributed by atoms with E-state index in [2.05, 4.69) is 0 Å². The molecule has 1 radical (unpaired) electrons. The van der Waals surface area contributed by atoms with E-state index in [0.717, 1.165) is 0 Å². The molecule has 6 heteroatoms. The summed E-state index contributed by atoms with van der Waals surface area (Å²) in [4.78, 5) is 0. The van der Waals surface area contributed by atoms with Crippen LogP contribution in [0.15, 0.2) is 0 Å². The summed E-state index contributed by atoms with van der Waals surface area (Å²) in [7, 11) is -5.17. The Morgan fingerprint density at radius 1 is 1.33 bits per heavy atom. The van der Waals surface area contributed by atoms with Crippen LogP contribution in [0.2, 0.25) is 0 Å². The van der Waals surface area contributed by atoms with E-state index in [4.69, 9.17) is 17.5 Å². The molecular weight excluding hydrogens is 147 g/mol. The molecule has 0 saturated carbocycles. The van der Waals surface area contributed by atoms with Gasteiger partial charge in [0.2, 0.25) is 0 Å². The fourth-order valence-corrected chi connectivity index (χ4v) is 0. The van der Waals surface area contributed by atoms with Crippen molar-refractivity contribution in [3.05, 3.63) is 0 Å². The van der Waals surface area contributed by atoms with Gasteiger partial charge in [-0.25, -0.2) is 0 Å². The van der Waals surface area contributed by atoms with E-state index in [9.17, 15) is 0 Å². The van der Waals surface area contributed by atoms with Crippen LogP contribution < -0.4 is 0 Å². The minimum atomic E-state index is -5.17. The summed E-state index contributed by atoms with van der Waals surface area (Å²) in [5.74, 6) is 0. The normalized spacial score (nSPS) is 9.67. The largest absolute Gasteiger partial charge is 2.00 e. The first kappa shape index (κ1) is 9.68. The van der Waals surface area contributed by atoms with Crippen LogP contribution in [0.4, 0.5) is 0 Å². The average Bonchev–Trinajstić information content (AvgIpc) is 0.722. The Morgan fingerprint density at radius 3 is 1.33 bits per heavy atom. The molecule has 0 heterocycles. The van der Waals surface area contributed by atoms with E-state index in [1.807, 2.05) is 0 Å². The van der Waals surface area contributed by atoms with Crippen molar-refractivity contribution in [3.63, 3.8) is 0 Å². The molecule has 0 rings (SSSR count). The van der Waals surface area contributed by atoms with Gasteiger partial charge in [0.25, 0.3) is 0 Å². The SMILES string of the molecule is O=S(=O)([O-])[O-].[H+].[V+2]. The van der Waals surface area contributed by atoms with Gasteiger partial charge in [-0.3, -0.25) is 8.42 Å². The molecule has 0 aliphatic heterocycles. The van der Waals surface area contributed by atoms with Gasteiger partial charge in [-0.15, -0.1) is 0 Å². The minimum Gasteiger partial charge on any atom is -0.759 e. The average molecular weight is 148 g/mol. The van der Waals surface area contributed by atoms with Crippen LogP contribution in [-0.2, 0) is 29.0 Å². The Hall–Kier alpha value is 0.454. The molecule has 0 saturated heterocycles. The fraction of sp³-hybridized carbons (Fsp3) is 0. The Morgan fingerprint density at radius 2 is 1.33 bits per heavy atom.